The topological polar surface area (TPSA) is 82.5 Å². The summed E-state index contributed by atoms with van der Waals surface area (Å²) >= 11 is 0. The predicted octanol–water partition coefficient (Wildman–Crippen LogP) is 1.35. The van der Waals surface area contributed by atoms with E-state index in [0.29, 0.717) is 12.2 Å². The van der Waals surface area contributed by atoms with Crippen LogP contribution in [0.25, 0.3) is 0 Å². The first-order valence-corrected chi connectivity index (χ1v) is 5.13. The molecule has 0 radical (unpaired) electrons. The quantitative estimate of drug-likeness (QED) is 0.703. The van der Waals surface area contributed by atoms with Gasteiger partial charge in [-0.05, 0) is 32.4 Å². The molecule has 0 fully saturated rings. The summed E-state index contributed by atoms with van der Waals surface area (Å²) in [7, 11) is 0. The van der Waals surface area contributed by atoms with Gasteiger partial charge >= 0.3 is 5.97 Å². The highest BCUT2D eigenvalue weighted by molar-refractivity contribution is 5.93. The zero-order chi connectivity index (χ0) is 12.1. The first-order chi connectivity index (χ1) is 7.50. The molecule has 0 amide bonds. The molecular weight excluding hydrogens is 208 g/mol. The third-order valence-electron chi connectivity index (χ3n) is 2.12. The minimum atomic E-state index is -1.01. The molecule has 2 unspecified atom stereocenters. The van der Waals surface area contributed by atoms with Crippen molar-refractivity contribution in [3.8, 4) is 0 Å². The summed E-state index contributed by atoms with van der Waals surface area (Å²) in [5.74, 6) is -0.678. The van der Waals surface area contributed by atoms with E-state index < -0.39 is 12.1 Å². The summed E-state index contributed by atoms with van der Waals surface area (Å²) in [5.41, 5.74) is 0.139. The van der Waals surface area contributed by atoms with Gasteiger partial charge < -0.3 is 15.5 Å². The molecule has 2 atom stereocenters. The number of hydrogen-bond donors (Lipinski definition) is 3. The standard InChI is InChI=1S/C11H16N2O3/c1-7(6-8(2)14)13-10-9(11(15)16)4-3-5-12-10/h3-5,7-8,14H,6H2,1-2H3,(H,12,13)(H,15,16). The molecule has 88 valence electrons. The smallest absolute Gasteiger partial charge is 0.339 e. The van der Waals surface area contributed by atoms with Crippen LogP contribution in [0.2, 0.25) is 0 Å². The maximum Gasteiger partial charge on any atom is 0.339 e. The highest BCUT2D eigenvalue weighted by Gasteiger charge is 2.13. The lowest BCUT2D eigenvalue weighted by Gasteiger charge is -2.16. The molecule has 0 saturated carbocycles. The Bertz CT molecular complexity index is 366. The van der Waals surface area contributed by atoms with Gasteiger partial charge in [0.15, 0.2) is 0 Å². The molecule has 5 nitrogen and oxygen atoms in total. The monoisotopic (exact) mass is 224 g/mol. The maximum atomic E-state index is 10.9. The van der Waals surface area contributed by atoms with Gasteiger partial charge in [-0.15, -0.1) is 0 Å². The number of aliphatic hydroxyl groups excluding tert-OH is 1. The molecule has 0 saturated heterocycles. The van der Waals surface area contributed by atoms with Crippen molar-refractivity contribution < 1.29 is 15.0 Å². The van der Waals surface area contributed by atoms with Crippen molar-refractivity contribution in [2.45, 2.75) is 32.4 Å². The van der Waals surface area contributed by atoms with Gasteiger partial charge in [0.05, 0.1) is 6.10 Å². The van der Waals surface area contributed by atoms with E-state index >= 15 is 0 Å². The van der Waals surface area contributed by atoms with E-state index in [1.165, 1.54) is 12.3 Å². The van der Waals surface area contributed by atoms with Crippen LogP contribution < -0.4 is 5.32 Å². The predicted molar refractivity (Wildman–Crippen MR) is 60.6 cm³/mol. The molecule has 5 heteroatoms. The zero-order valence-corrected chi connectivity index (χ0v) is 9.34. The van der Waals surface area contributed by atoms with Gasteiger partial charge in [0.1, 0.15) is 11.4 Å². The number of nitrogens with one attached hydrogen (secondary N) is 1. The molecule has 1 rings (SSSR count). The van der Waals surface area contributed by atoms with E-state index in [4.69, 9.17) is 5.11 Å². The number of hydrogen-bond acceptors (Lipinski definition) is 4. The van der Waals surface area contributed by atoms with Crippen molar-refractivity contribution in [2.24, 2.45) is 0 Å². The average Bonchev–Trinajstić information content (AvgIpc) is 2.16. The summed E-state index contributed by atoms with van der Waals surface area (Å²) in [6.45, 7) is 3.56. The number of aromatic nitrogens is 1. The molecule has 0 bridgehead atoms. The van der Waals surface area contributed by atoms with Gasteiger partial charge in [-0.1, -0.05) is 0 Å². The van der Waals surface area contributed by atoms with Crippen LogP contribution in [0, 0.1) is 0 Å². The van der Waals surface area contributed by atoms with Crippen LogP contribution >= 0.6 is 0 Å². The lowest BCUT2D eigenvalue weighted by molar-refractivity contribution is 0.0697. The van der Waals surface area contributed by atoms with Gasteiger partial charge in [-0.25, -0.2) is 9.78 Å². The molecule has 0 aliphatic carbocycles. The minimum absolute atomic E-state index is 0.0343. The number of carboxylic acid groups (broad SMARTS) is 1. The SMILES string of the molecule is CC(O)CC(C)Nc1ncccc1C(=O)O. The van der Waals surface area contributed by atoms with E-state index in [9.17, 15) is 9.90 Å². The fourth-order valence-corrected chi connectivity index (χ4v) is 1.50. The van der Waals surface area contributed by atoms with E-state index in [-0.39, 0.29) is 11.6 Å². The summed E-state index contributed by atoms with van der Waals surface area (Å²) in [6.07, 6.45) is 1.64. The van der Waals surface area contributed by atoms with E-state index in [1.807, 2.05) is 6.92 Å². The lowest BCUT2D eigenvalue weighted by Crippen LogP contribution is -2.22. The molecule has 1 aromatic heterocycles. The number of aliphatic hydroxyl groups is 1. The third kappa shape index (κ3) is 3.51. The largest absolute Gasteiger partial charge is 0.478 e. The average molecular weight is 224 g/mol. The van der Waals surface area contributed by atoms with Gasteiger partial charge in [0, 0.05) is 12.2 Å². The second-order valence-electron chi connectivity index (χ2n) is 3.83. The fourth-order valence-electron chi connectivity index (χ4n) is 1.50. The van der Waals surface area contributed by atoms with Gasteiger partial charge in [-0.2, -0.15) is 0 Å². The van der Waals surface area contributed by atoms with Crippen LogP contribution in [-0.4, -0.2) is 33.3 Å². The second-order valence-corrected chi connectivity index (χ2v) is 3.83. The minimum Gasteiger partial charge on any atom is -0.478 e. The molecule has 0 aliphatic rings. The summed E-state index contributed by atoms with van der Waals surface area (Å²) in [6, 6.07) is 3.04. The number of nitrogens with zero attached hydrogens (tertiary/aromatic N) is 1. The van der Waals surface area contributed by atoms with Crippen molar-refractivity contribution in [1.29, 1.82) is 0 Å². The van der Waals surface area contributed by atoms with Crippen LogP contribution in [-0.2, 0) is 0 Å². The van der Waals surface area contributed by atoms with Crippen molar-refractivity contribution in [3.63, 3.8) is 0 Å². The number of rotatable bonds is 5. The normalized spacial score (nSPS) is 14.2. The number of aromatic carboxylic acids is 1. The molecule has 0 aromatic carbocycles. The van der Waals surface area contributed by atoms with Crippen LogP contribution in [0.4, 0.5) is 5.82 Å². The fraction of sp³-hybridized carbons (Fsp3) is 0.455. The van der Waals surface area contributed by atoms with E-state index in [2.05, 4.69) is 10.3 Å². The lowest BCUT2D eigenvalue weighted by atomic mass is 10.1. The summed E-state index contributed by atoms with van der Waals surface area (Å²) in [4.78, 5) is 14.9. The van der Waals surface area contributed by atoms with Gasteiger partial charge in [0.25, 0.3) is 0 Å². The Morgan fingerprint density at radius 2 is 2.25 bits per heavy atom. The van der Waals surface area contributed by atoms with Crippen LogP contribution in [0.15, 0.2) is 18.3 Å². The number of anilines is 1. The van der Waals surface area contributed by atoms with Crippen molar-refractivity contribution >= 4 is 11.8 Å². The Kier molecular flexibility index (Phi) is 4.25. The maximum absolute atomic E-state index is 10.9. The molecule has 1 heterocycles. The first kappa shape index (κ1) is 12.4. The second kappa shape index (κ2) is 5.46. The summed E-state index contributed by atoms with van der Waals surface area (Å²) < 4.78 is 0. The Hall–Kier alpha value is -1.62. The highest BCUT2D eigenvalue weighted by Crippen LogP contribution is 2.13. The Morgan fingerprint density at radius 1 is 1.56 bits per heavy atom. The number of carboxylic acids is 1. The first-order valence-electron chi connectivity index (χ1n) is 5.13. The van der Waals surface area contributed by atoms with Gasteiger partial charge in [0.2, 0.25) is 0 Å². The highest BCUT2D eigenvalue weighted by atomic mass is 16.4. The van der Waals surface area contributed by atoms with Crippen molar-refractivity contribution in [3.05, 3.63) is 23.9 Å². The third-order valence-corrected chi connectivity index (χ3v) is 2.12. The van der Waals surface area contributed by atoms with Crippen LogP contribution in [0.3, 0.4) is 0 Å². The Labute approximate surface area is 94.1 Å². The summed E-state index contributed by atoms with van der Waals surface area (Å²) in [5, 5.41) is 21.1. The molecule has 1 aromatic rings. The van der Waals surface area contributed by atoms with E-state index in [0.717, 1.165) is 0 Å². The molecular formula is C11H16N2O3. The molecule has 16 heavy (non-hydrogen) atoms. The number of carbonyl (C=O) groups is 1. The van der Waals surface area contributed by atoms with Crippen molar-refractivity contribution in [2.75, 3.05) is 5.32 Å². The Balaban J connectivity index is 2.76. The van der Waals surface area contributed by atoms with Gasteiger partial charge in [-0.3, -0.25) is 0 Å². The van der Waals surface area contributed by atoms with Crippen molar-refractivity contribution in [1.82, 2.24) is 4.98 Å². The zero-order valence-electron chi connectivity index (χ0n) is 9.34. The van der Waals surface area contributed by atoms with E-state index in [1.54, 1.807) is 13.0 Å². The van der Waals surface area contributed by atoms with Crippen LogP contribution in [0.5, 0.6) is 0 Å². The molecule has 0 spiro atoms. The van der Waals surface area contributed by atoms with Crippen LogP contribution in [0.1, 0.15) is 30.6 Å². The molecule has 3 N–H and O–H groups in total. The number of pyridine rings is 1. The molecule has 0 aliphatic heterocycles. The Morgan fingerprint density at radius 3 is 2.81 bits per heavy atom.